The van der Waals surface area contributed by atoms with Crippen LogP contribution in [0.4, 0.5) is 0 Å². The Morgan fingerprint density at radius 3 is 2.56 bits per heavy atom. The third-order valence-corrected chi connectivity index (χ3v) is 3.43. The Kier molecular flexibility index (Phi) is 2.40. The first-order chi connectivity index (χ1) is 8.69. The van der Waals surface area contributed by atoms with E-state index in [0.29, 0.717) is 5.75 Å². The van der Waals surface area contributed by atoms with E-state index in [1.165, 1.54) is 0 Å². The van der Waals surface area contributed by atoms with Crippen LogP contribution < -0.4 is 4.74 Å². The lowest BCUT2D eigenvalue weighted by Gasteiger charge is -2.21. The van der Waals surface area contributed by atoms with Gasteiger partial charge >= 0.3 is 0 Å². The summed E-state index contributed by atoms with van der Waals surface area (Å²) in [5.41, 5.74) is 3.94. The van der Waals surface area contributed by atoms with Crippen LogP contribution in [0.15, 0.2) is 30.3 Å². The lowest BCUT2D eigenvalue weighted by atomic mass is 9.85. The molecule has 0 radical (unpaired) electrons. The van der Waals surface area contributed by atoms with Crippen LogP contribution in [0.1, 0.15) is 11.1 Å². The van der Waals surface area contributed by atoms with E-state index in [9.17, 15) is 10.2 Å². The van der Waals surface area contributed by atoms with Gasteiger partial charge in [0.15, 0.2) is 0 Å². The molecule has 0 unspecified atom stereocenters. The van der Waals surface area contributed by atoms with Gasteiger partial charge in [0.05, 0.1) is 7.11 Å². The monoisotopic (exact) mass is 242 g/mol. The fourth-order valence-corrected chi connectivity index (χ4v) is 2.57. The van der Waals surface area contributed by atoms with E-state index in [1.54, 1.807) is 25.3 Å². The summed E-state index contributed by atoms with van der Waals surface area (Å²) >= 11 is 0. The van der Waals surface area contributed by atoms with Crippen molar-refractivity contribution in [2.75, 3.05) is 7.11 Å². The number of phenols is 2. The highest BCUT2D eigenvalue weighted by Gasteiger charge is 2.20. The van der Waals surface area contributed by atoms with Crippen LogP contribution in [0.3, 0.4) is 0 Å². The van der Waals surface area contributed by atoms with E-state index in [2.05, 4.69) is 0 Å². The van der Waals surface area contributed by atoms with Gasteiger partial charge in [0.25, 0.3) is 0 Å². The molecule has 1 aliphatic rings. The molecule has 0 heterocycles. The number of ether oxygens (including phenoxy) is 1. The first kappa shape index (κ1) is 11.0. The van der Waals surface area contributed by atoms with Crippen molar-refractivity contribution in [1.82, 2.24) is 0 Å². The molecular formula is C15H14O3. The zero-order valence-electron chi connectivity index (χ0n) is 10.1. The number of hydrogen-bond donors (Lipinski definition) is 2. The molecule has 3 rings (SSSR count). The number of rotatable bonds is 1. The summed E-state index contributed by atoms with van der Waals surface area (Å²) in [5, 5.41) is 19.7. The zero-order chi connectivity index (χ0) is 12.7. The van der Waals surface area contributed by atoms with Crippen molar-refractivity contribution in [1.29, 1.82) is 0 Å². The lowest BCUT2D eigenvalue weighted by Crippen LogP contribution is -2.04. The standard InChI is InChI=1S/C15H14O3/c1-18-12-6-10-3-2-9-4-5-11(16)7-13(9)15(10)14(17)8-12/h4-8,16-17H,2-3H2,1H3. The van der Waals surface area contributed by atoms with Gasteiger partial charge in [-0.25, -0.2) is 0 Å². The number of hydrogen-bond acceptors (Lipinski definition) is 3. The quantitative estimate of drug-likeness (QED) is 0.808. The van der Waals surface area contributed by atoms with Crippen LogP contribution in [0, 0.1) is 0 Å². The van der Waals surface area contributed by atoms with Crippen LogP contribution in [0.2, 0.25) is 0 Å². The van der Waals surface area contributed by atoms with Crippen molar-refractivity contribution in [3.05, 3.63) is 41.5 Å². The summed E-state index contributed by atoms with van der Waals surface area (Å²) in [4.78, 5) is 0. The molecule has 2 aromatic rings. The largest absolute Gasteiger partial charge is 0.508 e. The Labute approximate surface area is 105 Å². The second kappa shape index (κ2) is 3.95. The molecule has 0 aliphatic heterocycles. The van der Waals surface area contributed by atoms with Gasteiger partial charge in [-0.05, 0) is 47.7 Å². The normalized spacial score (nSPS) is 12.7. The predicted molar refractivity (Wildman–Crippen MR) is 69.2 cm³/mol. The van der Waals surface area contributed by atoms with Crippen molar-refractivity contribution >= 4 is 0 Å². The van der Waals surface area contributed by atoms with E-state index < -0.39 is 0 Å². The molecule has 0 amide bonds. The molecule has 0 saturated heterocycles. The average molecular weight is 242 g/mol. The van der Waals surface area contributed by atoms with Crippen molar-refractivity contribution in [2.45, 2.75) is 12.8 Å². The van der Waals surface area contributed by atoms with Gasteiger partial charge in [-0.15, -0.1) is 0 Å². The van der Waals surface area contributed by atoms with Gasteiger partial charge in [-0.1, -0.05) is 6.07 Å². The molecule has 2 N–H and O–H groups in total. The van der Waals surface area contributed by atoms with Crippen molar-refractivity contribution in [3.63, 3.8) is 0 Å². The summed E-state index contributed by atoms with van der Waals surface area (Å²) in [6.07, 6.45) is 1.78. The summed E-state index contributed by atoms with van der Waals surface area (Å²) in [6.45, 7) is 0. The van der Waals surface area contributed by atoms with Crippen LogP contribution in [0.5, 0.6) is 17.2 Å². The predicted octanol–water partition coefficient (Wildman–Crippen LogP) is 2.87. The molecule has 2 aromatic carbocycles. The van der Waals surface area contributed by atoms with Crippen molar-refractivity contribution in [2.24, 2.45) is 0 Å². The van der Waals surface area contributed by atoms with Gasteiger partial charge in [-0.3, -0.25) is 0 Å². The minimum absolute atomic E-state index is 0.205. The Balaban J connectivity index is 2.26. The third kappa shape index (κ3) is 1.59. The molecular weight excluding hydrogens is 228 g/mol. The maximum Gasteiger partial charge on any atom is 0.127 e. The highest BCUT2D eigenvalue weighted by Crippen LogP contribution is 2.42. The molecule has 0 fully saturated rings. The number of methoxy groups -OCH3 is 1. The molecule has 0 bridgehead atoms. The molecule has 0 spiro atoms. The van der Waals surface area contributed by atoms with Gasteiger partial charge in [0.2, 0.25) is 0 Å². The topological polar surface area (TPSA) is 49.7 Å². The fraction of sp³-hybridized carbons (Fsp3) is 0.200. The minimum atomic E-state index is 0.205. The molecule has 3 nitrogen and oxygen atoms in total. The minimum Gasteiger partial charge on any atom is -0.508 e. The lowest BCUT2D eigenvalue weighted by molar-refractivity contribution is 0.407. The van der Waals surface area contributed by atoms with Gasteiger partial charge in [0, 0.05) is 11.6 Å². The van der Waals surface area contributed by atoms with E-state index in [1.807, 2.05) is 12.1 Å². The Bertz CT molecular complexity index is 617. The molecule has 0 atom stereocenters. The number of benzene rings is 2. The van der Waals surface area contributed by atoms with Gasteiger partial charge in [-0.2, -0.15) is 0 Å². The van der Waals surface area contributed by atoms with E-state index in [4.69, 9.17) is 4.74 Å². The molecule has 18 heavy (non-hydrogen) atoms. The highest BCUT2D eigenvalue weighted by molar-refractivity contribution is 5.80. The summed E-state index contributed by atoms with van der Waals surface area (Å²) in [5.74, 6) is 1.09. The molecule has 0 saturated carbocycles. The van der Waals surface area contributed by atoms with Crippen molar-refractivity contribution in [3.8, 4) is 28.4 Å². The fourth-order valence-electron chi connectivity index (χ4n) is 2.57. The number of aromatic hydroxyl groups is 2. The highest BCUT2D eigenvalue weighted by atomic mass is 16.5. The zero-order valence-corrected chi connectivity index (χ0v) is 10.1. The number of fused-ring (bicyclic) bond motifs is 3. The Hall–Kier alpha value is -2.16. The molecule has 3 heteroatoms. The summed E-state index contributed by atoms with van der Waals surface area (Å²) in [6, 6.07) is 8.86. The molecule has 1 aliphatic carbocycles. The first-order valence-corrected chi connectivity index (χ1v) is 5.91. The number of aryl methyl sites for hydroxylation is 2. The Morgan fingerprint density at radius 1 is 1.00 bits per heavy atom. The average Bonchev–Trinajstić information content (AvgIpc) is 2.37. The van der Waals surface area contributed by atoms with Crippen LogP contribution in [-0.2, 0) is 12.8 Å². The number of phenolic OH excluding ortho intramolecular Hbond substituents is 2. The van der Waals surface area contributed by atoms with Crippen LogP contribution in [-0.4, -0.2) is 17.3 Å². The van der Waals surface area contributed by atoms with E-state index in [-0.39, 0.29) is 11.5 Å². The Morgan fingerprint density at radius 2 is 1.78 bits per heavy atom. The smallest absolute Gasteiger partial charge is 0.127 e. The third-order valence-electron chi connectivity index (χ3n) is 3.43. The van der Waals surface area contributed by atoms with E-state index >= 15 is 0 Å². The molecule has 0 aromatic heterocycles. The van der Waals surface area contributed by atoms with Gasteiger partial charge < -0.3 is 14.9 Å². The second-order valence-electron chi connectivity index (χ2n) is 4.52. The maximum absolute atomic E-state index is 10.1. The van der Waals surface area contributed by atoms with E-state index in [0.717, 1.165) is 35.1 Å². The van der Waals surface area contributed by atoms with Crippen molar-refractivity contribution < 1.29 is 14.9 Å². The van der Waals surface area contributed by atoms with Crippen LogP contribution in [0.25, 0.3) is 11.1 Å². The first-order valence-electron chi connectivity index (χ1n) is 5.91. The second-order valence-corrected chi connectivity index (χ2v) is 4.52. The summed E-state index contributed by atoms with van der Waals surface area (Å²) in [7, 11) is 1.59. The maximum atomic E-state index is 10.1. The van der Waals surface area contributed by atoms with Gasteiger partial charge in [0.1, 0.15) is 17.2 Å². The summed E-state index contributed by atoms with van der Waals surface area (Å²) < 4.78 is 5.16. The van der Waals surface area contributed by atoms with Crippen LogP contribution >= 0.6 is 0 Å². The SMILES string of the molecule is COc1cc(O)c2c(c1)CCc1ccc(O)cc1-2. The molecule has 92 valence electrons.